The van der Waals surface area contributed by atoms with Crippen molar-refractivity contribution < 1.29 is 18.1 Å². The molecule has 0 saturated carbocycles. The van der Waals surface area contributed by atoms with Gasteiger partial charge < -0.3 is 18.1 Å². The third-order valence-electron chi connectivity index (χ3n) is 3.73. The zero-order valence-electron chi connectivity index (χ0n) is 18.2. The summed E-state index contributed by atoms with van der Waals surface area (Å²) in [7, 11) is 2.99. The SMILES string of the molecule is CCOP(=S)(CC)Sc1ccccc1.COP(=S)(OC)Oc1ccc(SC)c(C)c1. The number of rotatable bonds is 10. The first kappa shape index (κ1) is 28.2. The van der Waals surface area contributed by atoms with Crippen LogP contribution in [0, 0.1) is 6.92 Å². The lowest BCUT2D eigenvalue weighted by atomic mass is 10.2. The summed E-state index contributed by atoms with van der Waals surface area (Å²) in [6.07, 6.45) is 2.98. The van der Waals surface area contributed by atoms with Gasteiger partial charge in [-0.15, -0.1) is 11.8 Å². The molecule has 0 bridgehead atoms. The van der Waals surface area contributed by atoms with Gasteiger partial charge in [0.1, 0.15) is 11.2 Å². The largest absolute Gasteiger partial charge is 0.424 e. The zero-order valence-corrected chi connectivity index (χ0v) is 23.2. The van der Waals surface area contributed by atoms with Crippen molar-refractivity contribution in [3.63, 3.8) is 0 Å². The zero-order chi connectivity index (χ0) is 22.6. The molecule has 0 heterocycles. The second-order valence-corrected chi connectivity index (χ2v) is 17.3. The Kier molecular flexibility index (Phi) is 13.4. The first-order chi connectivity index (χ1) is 14.2. The maximum atomic E-state index is 5.67. The molecule has 0 aliphatic heterocycles. The molecule has 0 aliphatic rings. The minimum absolute atomic E-state index is 0.683. The first-order valence-corrected chi connectivity index (χ1v) is 17.4. The van der Waals surface area contributed by atoms with Crippen molar-refractivity contribution in [2.45, 2.75) is 30.6 Å². The van der Waals surface area contributed by atoms with E-state index in [1.807, 2.05) is 56.5 Å². The number of thioether (sulfide) groups is 1. The lowest BCUT2D eigenvalue weighted by molar-refractivity contribution is 0.273. The van der Waals surface area contributed by atoms with E-state index in [1.54, 1.807) is 23.1 Å². The van der Waals surface area contributed by atoms with Crippen molar-refractivity contribution >= 4 is 58.9 Å². The lowest BCUT2D eigenvalue weighted by Gasteiger charge is -2.18. The number of hydrogen-bond donors (Lipinski definition) is 0. The summed E-state index contributed by atoms with van der Waals surface area (Å²) in [5.74, 6) is 0.683. The molecule has 30 heavy (non-hydrogen) atoms. The molecule has 1 atom stereocenters. The molecule has 2 rings (SSSR count). The topological polar surface area (TPSA) is 36.9 Å². The average molecular weight is 525 g/mol. The van der Waals surface area contributed by atoms with Crippen molar-refractivity contribution in [3.05, 3.63) is 54.1 Å². The fourth-order valence-corrected chi connectivity index (χ4v) is 8.36. The molecule has 10 heteroatoms. The molecule has 2 aromatic rings. The van der Waals surface area contributed by atoms with E-state index in [4.69, 9.17) is 41.7 Å². The highest BCUT2D eigenvalue weighted by atomic mass is 32.9. The Morgan fingerprint density at radius 1 is 0.967 bits per heavy atom. The Balaban J connectivity index is 0.000000303. The smallest absolute Gasteiger partial charge is 0.380 e. The highest BCUT2D eigenvalue weighted by Gasteiger charge is 2.18. The maximum Gasteiger partial charge on any atom is 0.380 e. The van der Waals surface area contributed by atoms with Gasteiger partial charge in [-0.1, -0.05) is 48.3 Å². The monoisotopic (exact) mass is 524 g/mol. The summed E-state index contributed by atoms with van der Waals surface area (Å²) in [5.41, 5.74) is -0.521. The van der Waals surface area contributed by atoms with E-state index < -0.39 is 12.2 Å². The van der Waals surface area contributed by atoms with Crippen molar-refractivity contribution in [2.75, 3.05) is 33.2 Å². The maximum absolute atomic E-state index is 5.67. The van der Waals surface area contributed by atoms with Gasteiger partial charge in [0.25, 0.3) is 0 Å². The average Bonchev–Trinajstić information content (AvgIpc) is 2.75. The van der Waals surface area contributed by atoms with Crippen molar-refractivity contribution in [2.24, 2.45) is 0 Å². The van der Waals surface area contributed by atoms with Crippen LogP contribution in [0.5, 0.6) is 5.75 Å². The minimum atomic E-state index is -2.62. The van der Waals surface area contributed by atoms with E-state index in [-0.39, 0.29) is 0 Å². The van der Waals surface area contributed by atoms with Crippen LogP contribution in [0.3, 0.4) is 0 Å². The predicted molar refractivity (Wildman–Crippen MR) is 141 cm³/mol. The summed E-state index contributed by atoms with van der Waals surface area (Å²) < 4.78 is 21.4. The van der Waals surface area contributed by atoms with Crippen LogP contribution < -0.4 is 4.52 Å². The molecule has 1 unspecified atom stereocenters. The van der Waals surface area contributed by atoms with Gasteiger partial charge in [0, 0.05) is 48.6 Å². The molecule has 0 N–H and O–H groups in total. The third-order valence-corrected chi connectivity index (χ3v) is 13.6. The van der Waals surface area contributed by atoms with Gasteiger partial charge >= 0.3 is 6.72 Å². The second-order valence-electron chi connectivity index (χ2n) is 5.78. The number of hydrogen-bond acceptors (Lipinski definition) is 8. The normalized spacial score (nSPS) is 13.1. The van der Waals surface area contributed by atoms with Crippen molar-refractivity contribution in [3.8, 4) is 5.75 Å². The van der Waals surface area contributed by atoms with Gasteiger partial charge in [-0.05, 0) is 56.0 Å². The fraction of sp³-hybridized carbons (Fsp3) is 0.400. The molecular weight excluding hydrogens is 494 g/mol. The van der Waals surface area contributed by atoms with E-state index in [9.17, 15) is 0 Å². The van der Waals surface area contributed by atoms with Gasteiger partial charge in [-0.2, -0.15) is 0 Å². The fourth-order valence-electron chi connectivity index (χ4n) is 2.21. The van der Waals surface area contributed by atoms with E-state index >= 15 is 0 Å². The Morgan fingerprint density at radius 2 is 1.60 bits per heavy atom. The number of aryl methyl sites for hydroxylation is 1. The second kappa shape index (κ2) is 14.3. The van der Waals surface area contributed by atoms with E-state index in [1.165, 1.54) is 24.0 Å². The Hall–Kier alpha value is 0.120. The summed E-state index contributed by atoms with van der Waals surface area (Å²) in [4.78, 5) is 2.43. The highest BCUT2D eigenvalue weighted by molar-refractivity contribution is 8.69. The van der Waals surface area contributed by atoms with Crippen LogP contribution in [0.25, 0.3) is 0 Å². The Bertz CT molecular complexity index is 857. The molecule has 0 aromatic heterocycles. The summed E-state index contributed by atoms with van der Waals surface area (Å²) in [6, 6.07) is 16.1. The third kappa shape index (κ3) is 9.72. The Morgan fingerprint density at radius 3 is 2.07 bits per heavy atom. The summed E-state index contributed by atoms with van der Waals surface area (Å²) in [6.45, 7) is 4.23. The van der Waals surface area contributed by atoms with E-state index in [2.05, 4.69) is 19.1 Å². The molecule has 0 fully saturated rings. The molecule has 0 saturated heterocycles. The predicted octanol–water partition coefficient (Wildman–Crippen LogP) is 7.76. The molecule has 4 nitrogen and oxygen atoms in total. The van der Waals surface area contributed by atoms with Gasteiger partial charge in [-0.3, -0.25) is 0 Å². The standard InChI is InChI=1S/C10H15O3PS2.C10H15OPS2/c1-8-7-9(5-6-10(8)16-4)13-14(15,11-2)12-3;1-3-11-12(13,4-2)14-10-8-6-5-7-9-10/h5-7H,1-4H3;5-9H,3-4H2,1-2H3. The summed E-state index contributed by atoms with van der Waals surface area (Å²) in [5, 5.41) is 0. The van der Waals surface area contributed by atoms with Crippen LogP contribution in [0.1, 0.15) is 19.4 Å². The van der Waals surface area contributed by atoms with Gasteiger partial charge in [-0.25, -0.2) is 0 Å². The van der Waals surface area contributed by atoms with Crippen LogP contribution in [0.2, 0.25) is 0 Å². The van der Waals surface area contributed by atoms with E-state index in [0.717, 1.165) is 11.7 Å². The van der Waals surface area contributed by atoms with Gasteiger partial charge in [0.2, 0.25) is 0 Å². The van der Waals surface area contributed by atoms with Crippen LogP contribution >= 0.6 is 35.3 Å². The van der Waals surface area contributed by atoms with Crippen LogP contribution in [0.4, 0.5) is 0 Å². The highest BCUT2D eigenvalue weighted by Crippen LogP contribution is 2.62. The minimum Gasteiger partial charge on any atom is -0.424 e. The molecule has 168 valence electrons. The van der Waals surface area contributed by atoms with E-state index in [0.29, 0.717) is 12.4 Å². The molecule has 0 amide bonds. The first-order valence-electron chi connectivity index (χ1n) is 9.28. The van der Waals surface area contributed by atoms with Gasteiger partial charge in [0.05, 0.1) is 0 Å². The molecule has 2 aromatic carbocycles. The van der Waals surface area contributed by atoms with Gasteiger partial charge in [0.15, 0.2) is 0 Å². The van der Waals surface area contributed by atoms with Crippen LogP contribution in [-0.2, 0) is 37.2 Å². The summed E-state index contributed by atoms with van der Waals surface area (Å²) >= 11 is 14.1. The number of benzene rings is 2. The molecule has 0 radical (unpaired) electrons. The van der Waals surface area contributed by atoms with Crippen molar-refractivity contribution in [1.82, 2.24) is 0 Å². The Labute approximate surface area is 199 Å². The molecule has 0 aliphatic carbocycles. The lowest BCUT2D eigenvalue weighted by Crippen LogP contribution is -1.97. The molecular formula is C20H30O4P2S4. The van der Waals surface area contributed by atoms with Crippen LogP contribution in [-0.4, -0.2) is 33.2 Å². The van der Waals surface area contributed by atoms with Crippen molar-refractivity contribution in [1.29, 1.82) is 0 Å². The quantitative estimate of drug-likeness (QED) is 0.231. The molecule has 0 spiro atoms. The van der Waals surface area contributed by atoms with Crippen LogP contribution in [0.15, 0.2) is 58.3 Å².